The van der Waals surface area contributed by atoms with Crippen molar-refractivity contribution in [1.29, 1.82) is 0 Å². The molecule has 1 aromatic rings. The maximum absolute atomic E-state index is 6.51. The second-order valence-electron chi connectivity index (χ2n) is 15.1. The van der Waals surface area contributed by atoms with E-state index >= 15 is 0 Å². The van der Waals surface area contributed by atoms with E-state index in [0.29, 0.717) is 24.0 Å². The molecule has 0 N–H and O–H groups in total. The summed E-state index contributed by atoms with van der Waals surface area (Å²) >= 11 is 0. The third kappa shape index (κ3) is 23.1. The lowest BCUT2D eigenvalue weighted by Gasteiger charge is -2.23. The van der Waals surface area contributed by atoms with Crippen LogP contribution < -0.4 is 0 Å². The van der Waals surface area contributed by atoms with Gasteiger partial charge in [0.1, 0.15) is 0 Å². The van der Waals surface area contributed by atoms with Crippen molar-refractivity contribution in [2.75, 3.05) is 26.3 Å². The van der Waals surface area contributed by atoms with Crippen LogP contribution in [-0.2, 0) is 16.0 Å². The minimum atomic E-state index is 0.345. The van der Waals surface area contributed by atoms with Crippen LogP contribution in [0.3, 0.4) is 0 Å². The topological polar surface area (TPSA) is 21.7 Å². The number of hydrogen-bond acceptors (Lipinski definition) is 3. The van der Waals surface area contributed by atoms with E-state index in [9.17, 15) is 0 Å². The fourth-order valence-electron chi connectivity index (χ4n) is 7.07. The zero-order chi connectivity index (χ0) is 34.3. The molecule has 1 fully saturated rings. The van der Waals surface area contributed by atoms with Crippen LogP contribution in [0.4, 0.5) is 0 Å². The minimum Gasteiger partial charge on any atom is -0.378 e. The van der Waals surface area contributed by atoms with Gasteiger partial charge in [0.2, 0.25) is 0 Å². The van der Waals surface area contributed by atoms with Gasteiger partial charge < -0.3 is 9.47 Å². The zero-order valence-corrected chi connectivity index (χ0v) is 32.4. The third-order valence-electron chi connectivity index (χ3n) is 10.3. The highest BCUT2D eigenvalue weighted by Gasteiger charge is 2.33. The Bertz CT molecular complexity index is 830. The summed E-state index contributed by atoms with van der Waals surface area (Å²) in [5, 5.41) is 0. The molecule has 3 heteroatoms. The van der Waals surface area contributed by atoms with E-state index in [-0.39, 0.29) is 0 Å². The first-order valence-corrected chi connectivity index (χ1v) is 20.9. The molecule has 276 valence electrons. The SMILES string of the molecule is CCCCCCC=CCCCCCCC(C)OC[C@H]1CN(Cc2ccccc2)C[C@@H]1COC(C)CCCCCCC=CCCCCCC. The third-order valence-corrected chi connectivity index (χ3v) is 10.3. The van der Waals surface area contributed by atoms with Gasteiger partial charge in [-0.15, -0.1) is 0 Å². The number of unbranched alkanes of at least 4 members (excludes halogenated alkanes) is 16. The summed E-state index contributed by atoms with van der Waals surface area (Å²) < 4.78 is 13.0. The summed E-state index contributed by atoms with van der Waals surface area (Å²) in [6.07, 6.45) is 39.2. The molecule has 2 rings (SSSR count). The highest BCUT2D eigenvalue weighted by molar-refractivity contribution is 5.14. The summed E-state index contributed by atoms with van der Waals surface area (Å²) in [5.41, 5.74) is 1.41. The molecule has 0 amide bonds. The second-order valence-corrected chi connectivity index (χ2v) is 15.1. The smallest absolute Gasteiger partial charge is 0.0547 e. The number of ether oxygens (including phenoxy) is 2. The monoisotopic (exact) mass is 666 g/mol. The highest BCUT2D eigenvalue weighted by Crippen LogP contribution is 2.27. The summed E-state index contributed by atoms with van der Waals surface area (Å²) in [6.45, 7) is 14.1. The summed E-state index contributed by atoms with van der Waals surface area (Å²) in [4.78, 5) is 2.63. The number of allylic oxidation sites excluding steroid dienone is 4. The van der Waals surface area contributed by atoms with Crippen molar-refractivity contribution in [3.63, 3.8) is 0 Å². The Kier molecular flexibility index (Phi) is 27.1. The van der Waals surface area contributed by atoms with Crippen LogP contribution in [0.15, 0.2) is 54.6 Å². The Morgan fingerprint density at radius 1 is 0.562 bits per heavy atom. The highest BCUT2D eigenvalue weighted by atomic mass is 16.5. The van der Waals surface area contributed by atoms with Gasteiger partial charge in [0.25, 0.3) is 0 Å². The van der Waals surface area contributed by atoms with Gasteiger partial charge >= 0.3 is 0 Å². The standard InChI is InChI=1S/C45H79NO2/c1-5-7-9-11-13-15-17-19-21-23-25-28-32-41(3)47-39-44-37-46(36-43-34-30-27-31-35-43)38-45(44)40-48-42(4)33-29-26-24-22-20-18-16-14-12-10-8-6-2/h15-18,27,30-31,34-35,41-42,44-45H,5-14,19-26,28-29,32-33,36-40H2,1-4H3/t41?,42?,44-,45-/m1/s1. The van der Waals surface area contributed by atoms with E-state index in [1.54, 1.807) is 0 Å². The van der Waals surface area contributed by atoms with Crippen molar-refractivity contribution in [2.45, 2.75) is 188 Å². The molecule has 2 unspecified atom stereocenters. The van der Waals surface area contributed by atoms with Crippen LogP contribution in [0.25, 0.3) is 0 Å². The molecule has 4 atom stereocenters. The molecule has 1 saturated heterocycles. The lowest BCUT2D eigenvalue weighted by Crippen LogP contribution is -2.26. The van der Waals surface area contributed by atoms with Crippen molar-refractivity contribution in [3.05, 3.63) is 60.2 Å². The van der Waals surface area contributed by atoms with E-state index in [0.717, 1.165) is 32.8 Å². The molecule has 0 aromatic heterocycles. The molecule has 0 radical (unpaired) electrons. The van der Waals surface area contributed by atoms with Crippen molar-refractivity contribution < 1.29 is 9.47 Å². The van der Waals surface area contributed by atoms with E-state index in [2.05, 4.69) is 87.2 Å². The molecule has 0 aliphatic carbocycles. The molecule has 0 saturated carbocycles. The minimum absolute atomic E-state index is 0.345. The van der Waals surface area contributed by atoms with Gasteiger partial charge in [0.15, 0.2) is 0 Å². The van der Waals surface area contributed by atoms with Gasteiger partial charge in [-0.1, -0.05) is 146 Å². The van der Waals surface area contributed by atoms with Crippen LogP contribution in [0.2, 0.25) is 0 Å². The van der Waals surface area contributed by atoms with Gasteiger partial charge in [-0.05, 0) is 83.6 Å². The first-order valence-electron chi connectivity index (χ1n) is 20.9. The van der Waals surface area contributed by atoms with E-state index in [1.165, 1.54) is 147 Å². The number of rotatable bonds is 32. The van der Waals surface area contributed by atoms with Gasteiger partial charge in [-0.25, -0.2) is 0 Å². The average molecular weight is 666 g/mol. The van der Waals surface area contributed by atoms with Crippen LogP contribution in [0.1, 0.15) is 175 Å². The van der Waals surface area contributed by atoms with Crippen LogP contribution in [0, 0.1) is 11.8 Å². The van der Waals surface area contributed by atoms with Crippen molar-refractivity contribution in [1.82, 2.24) is 4.90 Å². The molecule has 1 aromatic carbocycles. The normalized spacial score (nSPS) is 18.4. The predicted octanol–water partition coefficient (Wildman–Crippen LogP) is 13.3. The fraction of sp³-hybridized carbons (Fsp3) is 0.778. The van der Waals surface area contributed by atoms with E-state index in [1.807, 2.05) is 0 Å². The van der Waals surface area contributed by atoms with E-state index < -0.39 is 0 Å². The molecule has 3 nitrogen and oxygen atoms in total. The summed E-state index contributed by atoms with van der Waals surface area (Å²) in [5.74, 6) is 1.11. The predicted molar refractivity (Wildman–Crippen MR) is 211 cm³/mol. The lowest BCUT2D eigenvalue weighted by molar-refractivity contribution is -0.00437. The largest absolute Gasteiger partial charge is 0.378 e. The molecular formula is C45H79NO2. The van der Waals surface area contributed by atoms with Crippen molar-refractivity contribution >= 4 is 0 Å². The van der Waals surface area contributed by atoms with Crippen molar-refractivity contribution in [3.8, 4) is 0 Å². The van der Waals surface area contributed by atoms with Crippen LogP contribution in [0.5, 0.6) is 0 Å². The second kappa shape index (κ2) is 30.4. The molecular weight excluding hydrogens is 587 g/mol. The van der Waals surface area contributed by atoms with Crippen molar-refractivity contribution in [2.24, 2.45) is 11.8 Å². The van der Waals surface area contributed by atoms with Gasteiger partial charge in [0.05, 0.1) is 25.4 Å². The summed E-state index contributed by atoms with van der Waals surface area (Å²) in [7, 11) is 0. The maximum atomic E-state index is 6.51. The molecule has 1 heterocycles. The van der Waals surface area contributed by atoms with Gasteiger partial charge in [-0.2, -0.15) is 0 Å². The number of hydrogen-bond donors (Lipinski definition) is 0. The Morgan fingerprint density at radius 2 is 0.958 bits per heavy atom. The van der Waals surface area contributed by atoms with Gasteiger partial charge in [0, 0.05) is 31.5 Å². The Hall–Kier alpha value is -1.42. The summed E-state index contributed by atoms with van der Waals surface area (Å²) in [6, 6.07) is 11.0. The van der Waals surface area contributed by atoms with Gasteiger partial charge in [-0.3, -0.25) is 4.90 Å². The maximum Gasteiger partial charge on any atom is 0.0547 e. The first kappa shape index (κ1) is 42.7. The zero-order valence-electron chi connectivity index (χ0n) is 32.4. The molecule has 1 aliphatic rings. The average Bonchev–Trinajstić information content (AvgIpc) is 3.48. The Morgan fingerprint density at radius 3 is 1.38 bits per heavy atom. The molecule has 1 aliphatic heterocycles. The quantitative estimate of drug-likeness (QED) is 0.0565. The lowest BCUT2D eigenvalue weighted by atomic mass is 9.97. The molecule has 0 bridgehead atoms. The first-order chi connectivity index (χ1) is 23.6. The number of benzene rings is 1. The van der Waals surface area contributed by atoms with E-state index in [4.69, 9.17) is 9.47 Å². The van der Waals surface area contributed by atoms with Crippen LogP contribution >= 0.6 is 0 Å². The Labute approximate surface area is 299 Å². The number of likely N-dealkylation sites (tertiary alicyclic amines) is 1. The molecule has 0 spiro atoms. The van der Waals surface area contributed by atoms with Crippen LogP contribution in [-0.4, -0.2) is 43.4 Å². The number of nitrogens with zero attached hydrogens (tertiary/aromatic N) is 1. The molecule has 48 heavy (non-hydrogen) atoms. The fourth-order valence-corrected chi connectivity index (χ4v) is 7.07. The Balaban J connectivity index is 1.61.